The second-order valence-corrected chi connectivity index (χ2v) is 10.1. The normalized spacial score (nSPS) is 19.6. The van der Waals surface area contributed by atoms with Gasteiger partial charge in [-0.25, -0.2) is 4.98 Å². The molecule has 3 aromatic rings. The molecule has 31 heavy (non-hydrogen) atoms. The number of hydrogen-bond acceptors (Lipinski definition) is 4. The number of phenolic OH excluding ortho intramolecular Hbond substituents is 1. The molecule has 0 radical (unpaired) electrons. The molecule has 1 fully saturated rings. The molecule has 2 atom stereocenters. The zero-order valence-corrected chi connectivity index (χ0v) is 19.0. The lowest BCUT2D eigenvalue weighted by Gasteiger charge is -2.33. The second kappa shape index (κ2) is 9.04. The van der Waals surface area contributed by atoms with Crippen LogP contribution in [0.1, 0.15) is 37.7 Å². The molecule has 2 unspecified atom stereocenters. The van der Waals surface area contributed by atoms with E-state index in [1.165, 1.54) is 11.3 Å². The van der Waals surface area contributed by atoms with E-state index in [1.807, 2.05) is 24.3 Å². The summed E-state index contributed by atoms with van der Waals surface area (Å²) < 4.78 is 41.3. The van der Waals surface area contributed by atoms with Crippen molar-refractivity contribution in [2.75, 3.05) is 0 Å². The van der Waals surface area contributed by atoms with E-state index < -0.39 is 18.0 Å². The van der Waals surface area contributed by atoms with E-state index in [-0.39, 0.29) is 30.0 Å². The fourth-order valence-electron chi connectivity index (χ4n) is 4.37. The third-order valence-electron chi connectivity index (χ3n) is 5.89. The summed E-state index contributed by atoms with van der Waals surface area (Å²) in [5.74, 6) is -1.87. The Morgan fingerprint density at radius 3 is 2.68 bits per heavy atom. The van der Waals surface area contributed by atoms with Crippen LogP contribution in [-0.4, -0.2) is 21.1 Å². The van der Waals surface area contributed by atoms with Gasteiger partial charge < -0.3 is 5.11 Å². The van der Waals surface area contributed by atoms with Crippen molar-refractivity contribution in [3.05, 3.63) is 47.0 Å². The maximum absolute atomic E-state index is 13.4. The number of para-hydroxylation sites is 1. The van der Waals surface area contributed by atoms with E-state index in [0.717, 1.165) is 27.2 Å². The minimum atomic E-state index is -4.20. The Morgan fingerprint density at radius 2 is 1.94 bits per heavy atom. The molecule has 1 saturated carbocycles. The van der Waals surface area contributed by atoms with Crippen molar-refractivity contribution in [1.82, 2.24) is 4.98 Å². The smallest absolute Gasteiger partial charge is 0.392 e. The van der Waals surface area contributed by atoms with E-state index in [9.17, 15) is 18.3 Å². The summed E-state index contributed by atoms with van der Waals surface area (Å²) in [4.78, 5) is 5.13. The fraction of sp³-hybridized carbons (Fsp3) is 0.391. The summed E-state index contributed by atoms with van der Waals surface area (Å²) in [7, 11) is 0. The third-order valence-corrected chi connectivity index (χ3v) is 7.57. The highest BCUT2D eigenvalue weighted by atomic mass is 35.5. The molecule has 1 aromatic heterocycles. The van der Waals surface area contributed by atoms with Crippen LogP contribution in [0, 0.1) is 11.8 Å². The van der Waals surface area contributed by atoms with Crippen LogP contribution in [0.4, 0.5) is 13.2 Å². The van der Waals surface area contributed by atoms with Crippen LogP contribution in [0.3, 0.4) is 0 Å². The number of alkyl halides is 3. The van der Waals surface area contributed by atoms with Crippen LogP contribution in [0.25, 0.3) is 20.8 Å². The summed E-state index contributed by atoms with van der Waals surface area (Å²) in [6.07, 6.45) is -1.66. The average Bonchev–Trinajstić information content (AvgIpc) is 3.15. The number of benzene rings is 2. The summed E-state index contributed by atoms with van der Waals surface area (Å²) in [5.41, 5.74) is 2.15. The first-order valence-electron chi connectivity index (χ1n) is 10.2. The van der Waals surface area contributed by atoms with Gasteiger partial charge in [0.15, 0.2) is 0 Å². The zero-order valence-electron chi connectivity index (χ0n) is 16.6. The van der Waals surface area contributed by atoms with Crippen molar-refractivity contribution in [1.29, 1.82) is 0 Å². The number of fused-ring (bicyclic) bond motifs is 1. The van der Waals surface area contributed by atoms with Gasteiger partial charge in [-0.3, -0.25) is 0 Å². The highest BCUT2D eigenvalue weighted by Crippen LogP contribution is 2.43. The highest BCUT2D eigenvalue weighted by Gasteiger charge is 2.45. The van der Waals surface area contributed by atoms with Crippen molar-refractivity contribution < 1.29 is 18.3 Å². The highest BCUT2D eigenvalue weighted by molar-refractivity contribution is 7.80. The first-order chi connectivity index (χ1) is 14.7. The molecular weight excluding hydrogens is 463 g/mol. The van der Waals surface area contributed by atoms with Gasteiger partial charge in [0.2, 0.25) is 0 Å². The van der Waals surface area contributed by atoms with Crippen LogP contribution < -0.4 is 0 Å². The summed E-state index contributed by atoms with van der Waals surface area (Å²) in [5, 5.41) is 11.4. The van der Waals surface area contributed by atoms with Crippen LogP contribution in [0.2, 0.25) is 5.02 Å². The predicted octanol–water partition coefficient (Wildman–Crippen LogP) is 7.99. The van der Waals surface area contributed by atoms with Crippen molar-refractivity contribution in [2.24, 2.45) is 11.8 Å². The lowest BCUT2D eigenvalue weighted by atomic mass is 9.76. The molecule has 1 heterocycles. The van der Waals surface area contributed by atoms with Gasteiger partial charge in [0.25, 0.3) is 0 Å². The lowest BCUT2D eigenvalue weighted by Crippen LogP contribution is -2.34. The minimum absolute atomic E-state index is 0.0788. The SMILES string of the molecule is Oc1c(Cl)cc(-c2nc3ccccc3s2)cc1CC(=S)CC1CCCCC1C(F)(F)F. The molecule has 1 aliphatic rings. The number of aromatic nitrogens is 1. The summed E-state index contributed by atoms with van der Waals surface area (Å²) in [6.45, 7) is 0. The Hall–Kier alpha value is -1.70. The molecule has 0 saturated heterocycles. The standard InChI is InChI=1S/C23H21ClF3NOS2/c24-18-12-15(22-28-19-7-3-4-8-20(19)31-22)9-14(21(18)29)11-16(30)10-13-5-1-2-6-17(13)23(25,26)27/h3-4,7-9,12-13,17,29H,1-2,5-6,10-11H2. The maximum Gasteiger partial charge on any atom is 0.392 e. The summed E-state index contributed by atoms with van der Waals surface area (Å²) in [6, 6.07) is 11.2. The van der Waals surface area contributed by atoms with Gasteiger partial charge >= 0.3 is 6.18 Å². The van der Waals surface area contributed by atoms with Crippen molar-refractivity contribution >= 4 is 50.2 Å². The van der Waals surface area contributed by atoms with Crippen LogP contribution in [-0.2, 0) is 6.42 Å². The zero-order chi connectivity index (χ0) is 22.2. The van der Waals surface area contributed by atoms with Crippen LogP contribution in [0.5, 0.6) is 5.75 Å². The number of thiazole rings is 1. The average molecular weight is 484 g/mol. The maximum atomic E-state index is 13.4. The van der Waals surface area contributed by atoms with Gasteiger partial charge in [0, 0.05) is 17.5 Å². The largest absolute Gasteiger partial charge is 0.506 e. The van der Waals surface area contributed by atoms with E-state index in [4.69, 9.17) is 23.8 Å². The monoisotopic (exact) mass is 483 g/mol. The van der Waals surface area contributed by atoms with Gasteiger partial charge in [0.1, 0.15) is 10.8 Å². The number of aromatic hydroxyl groups is 1. The lowest BCUT2D eigenvalue weighted by molar-refractivity contribution is -0.195. The Balaban J connectivity index is 1.56. The first-order valence-corrected chi connectivity index (χ1v) is 11.8. The van der Waals surface area contributed by atoms with Gasteiger partial charge in [0.05, 0.1) is 21.2 Å². The molecule has 8 heteroatoms. The number of thiocarbonyl (C=S) groups is 1. The van der Waals surface area contributed by atoms with Gasteiger partial charge in [-0.05, 0) is 54.3 Å². The number of halogens is 4. The number of phenols is 1. The summed E-state index contributed by atoms with van der Waals surface area (Å²) >= 11 is 13.2. The predicted molar refractivity (Wildman–Crippen MR) is 124 cm³/mol. The molecule has 2 nitrogen and oxygen atoms in total. The van der Waals surface area contributed by atoms with E-state index in [0.29, 0.717) is 23.3 Å². The van der Waals surface area contributed by atoms with E-state index >= 15 is 0 Å². The topological polar surface area (TPSA) is 33.1 Å². The molecule has 1 N–H and O–H groups in total. The third kappa shape index (κ3) is 5.04. The fourth-order valence-corrected chi connectivity index (χ4v) is 5.93. The number of hydrogen-bond donors (Lipinski definition) is 1. The molecule has 0 spiro atoms. The molecule has 2 aromatic carbocycles. The van der Waals surface area contributed by atoms with Crippen molar-refractivity contribution in [2.45, 2.75) is 44.7 Å². The second-order valence-electron chi connectivity index (χ2n) is 8.06. The Labute approximate surface area is 193 Å². The first kappa shape index (κ1) is 22.5. The van der Waals surface area contributed by atoms with Gasteiger partial charge in [-0.1, -0.05) is 48.8 Å². The molecule has 0 bridgehead atoms. The van der Waals surface area contributed by atoms with Crippen LogP contribution >= 0.6 is 35.2 Å². The van der Waals surface area contributed by atoms with Crippen LogP contribution in [0.15, 0.2) is 36.4 Å². The molecule has 0 aliphatic heterocycles. The van der Waals surface area contributed by atoms with E-state index in [2.05, 4.69) is 4.98 Å². The van der Waals surface area contributed by atoms with Gasteiger partial charge in [-0.2, -0.15) is 13.2 Å². The van der Waals surface area contributed by atoms with Gasteiger partial charge in [-0.15, -0.1) is 11.3 Å². The number of rotatable bonds is 5. The number of nitrogens with zero attached hydrogens (tertiary/aromatic N) is 1. The van der Waals surface area contributed by atoms with Crippen molar-refractivity contribution in [3.8, 4) is 16.3 Å². The minimum Gasteiger partial charge on any atom is -0.506 e. The Morgan fingerprint density at radius 1 is 1.19 bits per heavy atom. The molecular formula is C23H21ClF3NOS2. The Kier molecular flexibility index (Phi) is 6.56. The van der Waals surface area contributed by atoms with Crippen molar-refractivity contribution in [3.63, 3.8) is 0 Å². The quantitative estimate of drug-likeness (QED) is 0.373. The molecule has 1 aliphatic carbocycles. The molecule has 4 rings (SSSR count). The Bertz CT molecular complexity index is 1080. The molecule has 164 valence electrons. The van der Waals surface area contributed by atoms with E-state index in [1.54, 1.807) is 12.1 Å². The molecule has 0 amide bonds.